The molecule has 0 heterocycles. The first kappa shape index (κ1) is 15.8. The summed E-state index contributed by atoms with van der Waals surface area (Å²) >= 11 is 0. The molecule has 4 aliphatic carbocycles. The van der Waals surface area contributed by atoms with E-state index >= 15 is 0 Å². The summed E-state index contributed by atoms with van der Waals surface area (Å²) in [5.74, 6) is 2.36. The highest BCUT2D eigenvalue weighted by Gasteiger charge is 2.57. The zero-order chi connectivity index (χ0) is 15.3. The second-order valence-corrected chi connectivity index (χ2v) is 11.1. The molecule has 4 aliphatic rings. The molecule has 0 spiro atoms. The molecular formula is C17H31NO2S. The van der Waals surface area contributed by atoms with Crippen molar-refractivity contribution < 1.29 is 8.42 Å². The van der Waals surface area contributed by atoms with Gasteiger partial charge in [-0.2, -0.15) is 0 Å². The van der Waals surface area contributed by atoms with Crippen LogP contribution in [0.15, 0.2) is 0 Å². The molecule has 4 bridgehead atoms. The fourth-order valence-corrected chi connectivity index (χ4v) is 7.10. The van der Waals surface area contributed by atoms with Crippen molar-refractivity contribution >= 4 is 9.84 Å². The molecule has 3 nitrogen and oxygen atoms in total. The maximum absolute atomic E-state index is 11.6. The average molecular weight is 314 g/mol. The molecule has 2 N–H and O–H groups in total. The van der Waals surface area contributed by atoms with Gasteiger partial charge in [0.2, 0.25) is 0 Å². The van der Waals surface area contributed by atoms with E-state index in [1.807, 2.05) is 0 Å². The Bertz CT molecular complexity index is 485. The molecule has 4 fully saturated rings. The maximum Gasteiger partial charge on any atom is 0.150 e. The lowest BCUT2D eigenvalue weighted by Gasteiger charge is -2.63. The minimum atomic E-state index is -2.84. The van der Waals surface area contributed by atoms with Gasteiger partial charge in [0.15, 0.2) is 0 Å². The molecular weight excluding hydrogens is 282 g/mol. The molecule has 3 unspecified atom stereocenters. The molecule has 3 atom stereocenters. The van der Waals surface area contributed by atoms with Crippen LogP contribution in [0.4, 0.5) is 0 Å². The molecule has 21 heavy (non-hydrogen) atoms. The lowest BCUT2D eigenvalue weighted by molar-refractivity contribution is -0.113. The minimum absolute atomic E-state index is 0.204. The second kappa shape index (κ2) is 5.23. The van der Waals surface area contributed by atoms with Crippen molar-refractivity contribution in [2.45, 2.75) is 71.3 Å². The van der Waals surface area contributed by atoms with Crippen LogP contribution in [-0.2, 0) is 9.84 Å². The molecule has 4 rings (SSSR count). The Balaban J connectivity index is 1.63. The largest absolute Gasteiger partial charge is 0.327 e. The van der Waals surface area contributed by atoms with Gasteiger partial charge in [0.05, 0.1) is 5.75 Å². The summed E-state index contributed by atoms with van der Waals surface area (Å²) < 4.78 is 23.3. The number of sulfone groups is 1. The molecule has 0 aliphatic heterocycles. The zero-order valence-electron chi connectivity index (χ0n) is 13.6. The van der Waals surface area contributed by atoms with Gasteiger partial charge in [-0.25, -0.2) is 8.42 Å². The van der Waals surface area contributed by atoms with E-state index in [-0.39, 0.29) is 11.8 Å². The number of nitrogens with two attached hydrogens (primary N) is 1. The topological polar surface area (TPSA) is 60.2 Å². The van der Waals surface area contributed by atoms with Gasteiger partial charge < -0.3 is 5.73 Å². The van der Waals surface area contributed by atoms with Crippen molar-refractivity contribution in [3.63, 3.8) is 0 Å². The third kappa shape index (κ3) is 3.03. The quantitative estimate of drug-likeness (QED) is 0.819. The third-order valence-electron chi connectivity index (χ3n) is 6.60. The highest BCUT2D eigenvalue weighted by Crippen LogP contribution is 2.66. The summed E-state index contributed by atoms with van der Waals surface area (Å²) in [6.45, 7) is 4.20. The van der Waals surface area contributed by atoms with Crippen LogP contribution in [-0.4, -0.2) is 26.0 Å². The van der Waals surface area contributed by atoms with Gasteiger partial charge in [-0.1, -0.05) is 13.8 Å². The van der Waals surface area contributed by atoms with E-state index in [4.69, 9.17) is 5.73 Å². The molecule has 0 aromatic heterocycles. The lowest BCUT2D eigenvalue weighted by Crippen LogP contribution is -2.57. The van der Waals surface area contributed by atoms with E-state index in [0.717, 1.165) is 24.7 Å². The smallest absolute Gasteiger partial charge is 0.150 e. The Morgan fingerprint density at radius 2 is 1.81 bits per heavy atom. The fourth-order valence-electron chi connectivity index (χ4n) is 6.21. The monoisotopic (exact) mass is 313 g/mol. The Morgan fingerprint density at radius 1 is 1.19 bits per heavy atom. The van der Waals surface area contributed by atoms with Crippen LogP contribution in [0.3, 0.4) is 0 Å². The van der Waals surface area contributed by atoms with Crippen LogP contribution >= 0.6 is 0 Å². The lowest BCUT2D eigenvalue weighted by atomic mass is 9.43. The predicted octanol–water partition coefficient (Wildman–Crippen LogP) is 3.14. The van der Waals surface area contributed by atoms with Gasteiger partial charge >= 0.3 is 0 Å². The summed E-state index contributed by atoms with van der Waals surface area (Å²) in [5, 5.41) is 0. The molecule has 0 amide bonds. The van der Waals surface area contributed by atoms with E-state index in [9.17, 15) is 8.42 Å². The van der Waals surface area contributed by atoms with Crippen molar-refractivity contribution in [3.05, 3.63) is 0 Å². The predicted molar refractivity (Wildman–Crippen MR) is 86.8 cm³/mol. The van der Waals surface area contributed by atoms with Crippen molar-refractivity contribution in [3.8, 4) is 0 Å². The first-order valence-electron chi connectivity index (χ1n) is 8.72. The van der Waals surface area contributed by atoms with Crippen LogP contribution in [0, 0.1) is 22.7 Å². The summed E-state index contributed by atoms with van der Waals surface area (Å²) in [6.07, 6.45) is 9.76. The average Bonchev–Trinajstić information content (AvgIpc) is 2.35. The summed E-state index contributed by atoms with van der Waals surface area (Å²) in [7, 11) is -2.84. The van der Waals surface area contributed by atoms with E-state index in [2.05, 4.69) is 6.92 Å². The third-order valence-corrected chi connectivity index (χ3v) is 8.39. The number of hydrogen-bond donors (Lipinski definition) is 1. The molecule has 4 heteroatoms. The fraction of sp³-hybridized carbons (Fsp3) is 1.00. The van der Waals surface area contributed by atoms with Crippen LogP contribution in [0.2, 0.25) is 0 Å². The number of hydrogen-bond acceptors (Lipinski definition) is 3. The van der Waals surface area contributed by atoms with Gasteiger partial charge in [0.1, 0.15) is 9.84 Å². The second-order valence-electron chi connectivity index (χ2n) is 8.62. The SMILES string of the molecule is CCS(=O)(=O)CCCC(N)C12CC3CC(CC(C)(C3)C1)C2. The molecule has 0 aromatic rings. The standard InChI is InChI=1S/C17H31NO2S/c1-3-21(19,20)6-4-5-15(18)17-10-13-7-14(11-17)9-16(2,8-13)12-17/h13-15H,3-12,18H2,1-2H3. The van der Waals surface area contributed by atoms with Gasteiger partial charge in [0, 0.05) is 11.8 Å². The van der Waals surface area contributed by atoms with Gasteiger partial charge in [-0.3, -0.25) is 0 Å². The van der Waals surface area contributed by atoms with E-state index < -0.39 is 9.84 Å². The van der Waals surface area contributed by atoms with E-state index in [1.165, 1.54) is 38.5 Å². The number of rotatable bonds is 6. The molecule has 4 saturated carbocycles. The van der Waals surface area contributed by atoms with Crippen molar-refractivity contribution in [2.75, 3.05) is 11.5 Å². The van der Waals surface area contributed by atoms with Crippen molar-refractivity contribution in [2.24, 2.45) is 28.4 Å². The van der Waals surface area contributed by atoms with Crippen molar-refractivity contribution in [1.82, 2.24) is 0 Å². The van der Waals surface area contributed by atoms with Gasteiger partial charge in [-0.05, 0) is 74.0 Å². The maximum atomic E-state index is 11.6. The first-order chi connectivity index (χ1) is 9.76. The zero-order valence-corrected chi connectivity index (χ0v) is 14.4. The van der Waals surface area contributed by atoms with E-state index in [0.29, 0.717) is 16.6 Å². The normalized spacial score (nSPS) is 43.2. The highest BCUT2D eigenvalue weighted by molar-refractivity contribution is 7.91. The van der Waals surface area contributed by atoms with Crippen LogP contribution in [0.5, 0.6) is 0 Å². The van der Waals surface area contributed by atoms with Crippen LogP contribution in [0.25, 0.3) is 0 Å². The van der Waals surface area contributed by atoms with Crippen LogP contribution < -0.4 is 5.73 Å². The summed E-state index contributed by atoms with van der Waals surface area (Å²) in [5.41, 5.74) is 7.46. The molecule has 0 radical (unpaired) electrons. The Kier molecular flexibility index (Phi) is 3.93. The first-order valence-corrected chi connectivity index (χ1v) is 10.5. The Morgan fingerprint density at radius 3 is 2.33 bits per heavy atom. The Labute approximate surface area is 130 Å². The van der Waals surface area contributed by atoms with Crippen molar-refractivity contribution in [1.29, 1.82) is 0 Å². The van der Waals surface area contributed by atoms with Gasteiger partial charge in [0.25, 0.3) is 0 Å². The van der Waals surface area contributed by atoms with Gasteiger partial charge in [-0.15, -0.1) is 0 Å². The molecule has 122 valence electrons. The van der Waals surface area contributed by atoms with Crippen LogP contribution in [0.1, 0.15) is 65.2 Å². The minimum Gasteiger partial charge on any atom is -0.327 e. The molecule has 0 saturated heterocycles. The molecule has 0 aromatic carbocycles. The van der Waals surface area contributed by atoms with E-state index in [1.54, 1.807) is 6.92 Å². The Hall–Kier alpha value is -0.0900. The summed E-state index contributed by atoms with van der Waals surface area (Å²) in [6, 6.07) is 0.204. The highest BCUT2D eigenvalue weighted by atomic mass is 32.2. The summed E-state index contributed by atoms with van der Waals surface area (Å²) in [4.78, 5) is 0.